The highest BCUT2D eigenvalue weighted by Gasteiger charge is 2.15. The molecule has 24 heavy (non-hydrogen) atoms. The maximum Gasteiger partial charge on any atom is 0.170 e. The predicted octanol–water partition coefficient (Wildman–Crippen LogP) is 2.44. The van der Waals surface area contributed by atoms with Gasteiger partial charge >= 0.3 is 0 Å². The summed E-state index contributed by atoms with van der Waals surface area (Å²) >= 11 is 0. The van der Waals surface area contributed by atoms with E-state index in [-0.39, 0.29) is 0 Å². The van der Waals surface area contributed by atoms with Crippen molar-refractivity contribution >= 4 is 10.9 Å². The monoisotopic (exact) mass is 319 g/mol. The molecule has 0 atom stereocenters. The number of aryl methyl sites for hydroxylation is 1. The molecule has 2 N–H and O–H groups in total. The molecule has 0 aliphatic rings. The van der Waals surface area contributed by atoms with Crippen molar-refractivity contribution in [3.05, 3.63) is 36.0 Å². The van der Waals surface area contributed by atoms with Gasteiger partial charge in [-0.3, -0.25) is 5.10 Å². The van der Waals surface area contributed by atoms with Crippen LogP contribution in [0, 0.1) is 23.2 Å². The van der Waals surface area contributed by atoms with E-state index < -0.39 is 5.60 Å². The molecule has 0 unspecified atom stereocenters. The molecule has 0 aliphatic heterocycles. The Morgan fingerprint density at radius 2 is 2.17 bits per heavy atom. The van der Waals surface area contributed by atoms with Gasteiger partial charge in [-0.2, -0.15) is 10.4 Å². The zero-order valence-electron chi connectivity index (χ0n) is 13.8. The van der Waals surface area contributed by atoms with Crippen LogP contribution in [-0.2, 0) is 6.54 Å². The molecule has 6 heteroatoms. The van der Waals surface area contributed by atoms with E-state index in [1.165, 1.54) is 0 Å². The fraction of sp³-hybridized carbons (Fsp3) is 0.278. The standard InChI is InChI=1S/C18H17N5O/c1-4-23-11-15(14-9-21-22-16(14)8-19)13-7-12(20-10-17(13)23)5-6-18(2,3)24/h7,9-11,24H,4H2,1-3H3,(H,21,22). The molecule has 0 bridgehead atoms. The second-order valence-corrected chi connectivity index (χ2v) is 5.98. The number of hydrogen-bond donors (Lipinski definition) is 2. The summed E-state index contributed by atoms with van der Waals surface area (Å²) in [5.74, 6) is 5.66. The molecule has 6 nitrogen and oxygen atoms in total. The first-order valence-electron chi connectivity index (χ1n) is 7.61. The van der Waals surface area contributed by atoms with E-state index >= 15 is 0 Å². The number of hydrogen-bond acceptors (Lipinski definition) is 4. The third kappa shape index (κ3) is 2.88. The number of nitriles is 1. The number of fused-ring (bicyclic) bond motifs is 1. The summed E-state index contributed by atoms with van der Waals surface area (Å²) in [5, 5.41) is 26.6. The third-order valence-corrected chi connectivity index (χ3v) is 3.64. The fourth-order valence-electron chi connectivity index (χ4n) is 2.53. The lowest BCUT2D eigenvalue weighted by molar-refractivity contribution is 0.143. The predicted molar refractivity (Wildman–Crippen MR) is 90.9 cm³/mol. The minimum atomic E-state index is -1.08. The highest BCUT2D eigenvalue weighted by atomic mass is 16.3. The Hall–Kier alpha value is -3.09. The van der Waals surface area contributed by atoms with Gasteiger partial charge in [-0.1, -0.05) is 5.92 Å². The van der Waals surface area contributed by atoms with Crippen molar-refractivity contribution in [1.82, 2.24) is 19.7 Å². The highest BCUT2D eigenvalue weighted by Crippen LogP contribution is 2.32. The zero-order chi connectivity index (χ0) is 17.3. The normalized spacial score (nSPS) is 11.1. The van der Waals surface area contributed by atoms with E-state index in [9.17, 15) is 10.4 Å². The van der Waals surface area contributed by atoms with Gasteiger partial charge in [0.25, 0.3) is 0 Å². The van der Waals surface area contributed by atoms with Crippen molar-refractivity contribution in [3.63, 3.8) is 0 Å². The summed E-state index contributed by atoms with van der Waals surface area (Å²) in [4.78, 5) is 4.36. The van der Waals surface area contributed by atoms with Crippen molar-refractivity contribution in [2.24, 2.45) is 0 Å². The Balaban J connectivity index is 2.22. The van der Waals surface area contributed by atoms with Gasteiger partial charge in [-0.15, -0.1) is 0 Å². The first-order chi connectivity index (χ1) is 11.4. The minimum absolute atomic E-state index is 0.353. The Morgan fingerprint density at radius 3 is 2.83 bits per heavy atom. The second-order valence-electron chi connectivity index (χ2n) is 5.98. The average molecular weight is 319 g/mol. The number of aromatic nitrogens is 4. The van der Waals surface area contributed by atoms with E-state index in [1.54, 1.807) is 26.2 Å². The van der Waals surface area contributed by atoms with Crippen LogP contribution in [-0.4, -0.2) is 30.5 Å². The summed E-state index contributed by atoms with van der Waals surface area (Å²) in [7, 11) is 0. The van der Waals surface area contributed by atoms with E-state index in [0.717, 1.165) is 28.6 Å². The van der Waals surface area contributed by atoms with Crippen molar-refractivity contribution in [1.29, 1.82) is 5.26 Å². The Labute approximate surface area is 139 Å². The van der Waals surface area contributed by atoms with Gasteiger partial charge in [0.05, 0.1) is 11.7 Å². The van der Waals surface area contributed by atoms with Crippen LogP contribution in [0.2, 0.25) is 0 Å². The Bertz CT molecular complexity index is 1000. The molecule has 0 radical (unpaired) electrons. The van der Waals surface area contributed by atoms with Crippen LogP contribution >= 0.6 is 0 Å². The first kappa shape index (κ1) is 15.8. The third-order valence-electron chi connectivity index (χ3n) is 3.64. The number of aromatic amines is 1. The second kappa shape index (κ2) is 5.84. The minimum Gasteiger partial charge on any atom is -0.378 e. The molecular formula is C18H17N5O. The Kier molecular flexibility index (Phi) is 3.84. The maximum atomic E-state index is 9.75. The topological polar surface area (TPSA) is 90.5 Å². The zero-order valence-corrected chi connectivity index (χ0v) is 13.8. The van der Waals surface area contributed by atoms with Crippen molar-refractivity contribution in [2.75, 3.05) is 0 Å². The molecule has 3 aromatic heterocycles. The lowest BCUT2D eigenvalue weighted by Crippen LogP contribution is -2.14. The Morgan fingerprint density at radius 1 is 1.38 bits per heavy atom. The molecule has 0 saturated carbocycles. The quantitative estimate of drug-likeness (QED) is 0.710. The van der Waals surface area contributed by atoms with Crippen LogP contribution in [0.1, 0.15) is 32.2 Å². The van der Waals surface area contributed by atoms with Gasteiger partial charge in [0.15, 0.2) is 5.69 Å². The molecule has 0 aromatic carbocycles. The molecule has 0 amide bonds. The SMILES string of the molecule is CCn1cc(-c2c[nH]nc2C#N)c2cc(C#CC(C)(C)O)ncc21. The van der Waals surface area contributed by atoms with Gasteiger partial charge < -0.3 is 9.67 Å². The van der Waals surface area contributed by atoms with Gasteiger partial charge in [-0.25, -0.2) is 4.98 Å². The first-order valence-corrected chi connectivity index (χ1v) is 7.61. The van der Waals surface area contributed by atoms with Crippen LogP contribution in [0.3, 0.4) is 0 Å². The molecule has 0 spiro atoms. The van der Waals surface area contributed by atoms with E-state index in [4.69, 9.17) is 0 Å². The van der Waals surface area contributed by atoms with Gasteiger partial charge in [0.1, 0.15) is 17.4 Å². The van der Waals surface area contributed by atoms with E-state index in [1.807, 2.05) is 19.2 Å². The number of H-pyrrole nitrogens is 1. The molecule has 0 saturated heterocycles. The maximum absolute atomic E-state index is 9.75. The lowest BCUT2D eigenvalue weighted by Gasteiger charge is -2.05. The van der Waals surface area contributed by atoms with Crippen LogP contribution in [0.4, 0.5) is 0 Å². The van der Waals surface area contributed by atoms with Crippen molar-refractivity contribution in [2.45, 2.75) is 32.9 Å². The smallest absolute Gasteiger partial charge is 0.170 e. The molecule has 3 aromatic rings. The number of rotatable bonds is 2. The van der Waals surface area contributed by atoms with Crippen LogP contribution < -0.4 is 0 Å². The number of pyridine rings is 1. The summed E-state index contributed by atoms with van der Waals surface area (Å²) < 4.78 is 2.07. The van der Waals surface area contributed by atoms with Crippen LogP contribution in [0.25, 0.3) is 22.0 Å². The molecule has 3 rings (SSSR count). The largest absolute Gasteiger partial charge is 0.378 e. The van der Waals surface area contributed by atoms with Gasteiger partial charge in [0, 0.05) is 35.5 Å². The fourth-order valence-corrected chi connectivity index (χ4v) is 2.53. The van der Waals surface area contributed by atoms with Gasteiger partial charge in [-0.05, 0) is 32.8 Å². The summed E-state index contributed by atoms with van der Waals surface area (Å²) in [6.07, 6.45) is 5.48. The molecule has 3 heterocycles. The summed E-state index contributed by atoms with van der Waals surface area (Å²) in [6.45, 7) is 6.09. The van der Waals surface area contributed by atoms with Crippen molar-refractivity contribution < 1.29 is 5.11 Å². The van der Waals surface area contributed by atoms with Crippen LogP contribution in [0.5, 0.6) is 0 Å². The average Bonchev–Trinajstić information content (AvgIpc) is 3.15. The van der Waals surface area contributed by atoms with E-state index in [0.29, 0.717) is 11.4 Å². The molecule has 120 valence electrons. The molecule has 0 aliphatic carbocycles. The molecular weight excluding hydrogens is 302 g/mol. The number of aliphatic hydroxyl groups is 1. The van der Waals surface area contributed by atoms with Crippen molar-refractivity contribution in [3.8, 4) is 29.0 Å². The number of nitrogens with zero attached hydrogens (tertiary/aromatic N) is 4. The number of nitrogens with one attached hydrogen (secondary N) is 1. The van der Waals surface area contributed by atoms with E-state index in [2.05, 4.69) is 37.7 Å². The highest BCUT2D eigenvalue weighted by molar-refractivity contribution is 5.97. The molecule has 0 fully saturated rings. The summed E-state index contributed by atoms with van der Waals surface area (Å²) in [5.41, 5.74) is 2.47. The lowest BCUT2D eigenvalue weighted by atomic mass is 10.1. The van der Waals surface area contributed by atoms with Gasteiger partial charge in [0.2, 0.25) is 0 Å². The van der Waals surface area contributed by atoms with Crippen LogP contribution in [0.15, 0.2) is 24.7 Å². The summed E-state index contributed by atoms with van der Waals surface area (Å²) in [6, 6.07) is 3.98.